The number of hydrogen-bond donors (Lipinski definition) is 3. The van der Waals surface area contributed by atoms with Gasteiger partial charge in [-0.3, -0.25) is 14.6 Å². The van der Waals surface area contributed by atoms with Gasteiger partial charge in [0.15, 0.2) is 0 Å². The molecule has 238 valence electrons. The summed E-state index contributed by atoms with van der Waals surface area (Å²) in [4.78, 5) is 42.4. The van der Waals surface area contributed by atoms with Crippen LogP contribution in [0.4, 0.5) is 27.6 Å². The van der Waals surface area contributed by atoms with Crippen LogP contribution in [0.2, 0.25) is 0 Å². The van der Waals surface area contributed by atoms with Crippen molar-refractivity contribution in [3.8, 4) is 11.1 Å². The molecule has 0 aliphatic heterocycles. The third-order valence-electron chi connectivity index (χ3n) is 7.76. The highest BCUT2D eigenvalue weighted by atomic mass is 19.4. The lowest BCUT2D eigenvalue weighted by Gasteiger charge is -2.20. The molecule has 4 aromatic rings. The van der Waals surface area contributed by atoms with Gasteiger partial charge in [0, 0.05) is 48.0 Å². The number of anilines is 1. The van der Waals surface area contributed by atoms with Crippen molar-refractivity contribution in [2.45, 2.75) is 58.3 Å². The van der Waals surface area contributed by atoms with E-state index in [9.17, 15) is 41.4 Å². The fourth-order valence-corrected chi connectivity index (χ4v) is 5.17. The van der Waals surface area contributed by atoms with Gasteiger partial charge in [-0.05, 0) is 49.6 Å². The maximum atomic E-state index is 14.9. The number of rotatable bonds is 10. The number of benzene rings is 2. The summed E-state index contributed by atoms with van der Waals surface area (Å²) in [6, 6.07) is 6.56. The molecule has 2 heterocycles. The van der Waals surface area contributed by atoms with Gasteiger partial charge >= 0.3 is 12.1 Å². The third-order valence-corrected chi connectivity index (χ3v) is 7.76. The molecular weight excluding hydrogens is 599 g/mol. The summed E-state index contributed by atoms with van der Waals surface area (Å²) >= 11 is 0. The Morgan fingerprint density at radius 1 is 1.04 bits per heavy atom. The van der Waals surface area contributed by atoms with E-state index < -0.39 is 64.4 Å². The molecule has 0 fully saturated rings. The zero-order valence-corrected chi connectivity index (χ0v) is 24.9. The number of hydrogen-bond acceptors (Lipinski definition) is 5. The Morgan fingerprint density at radius 3 is 2.27 bits per heavy atom. The maximum absolute atomic E-state index is 14.9. The SMILES string of the molecule is CCC(CC)Nc1cc(F)c(C(=O)N[C@@H](Cc2ccc(-c3c(C(F)(F)F)cc(C)n(C)c3=O)c3ncccc23)C(=O)O)c(F)c1. The first-order chi connectivity index (χ1) is 21.2. The number of aryl methyl sites for hydroxylation is 1. The van der Waals surface area contributed by atoms with E-state index in [1.54, 1.807) is 0 Å². The molecule has 0 radical (unpaired) electrons. The average Bonchev–Trinajstić information content (AvgIpc) is 2.97. The molecule has 0 aliphatic carbocycles. The van der Waals surface area contributed by atoms with Gasteiger partial charge in [0.25, 0.3) is 11.5 Å². The first-order valence-electron chi connectivity index (χ1n) is 14.1. The number of halogens is 5. The molecule has 8 nitrogen and oxygen atoms in total. The van der Waals surface area contributed by atoms with Gasteiger partial charge in [-0.1, -0.05) is 32.0 Å². The Hall–Kier alpha value is -4.81. The number of carboxylic acid groups (broad SMARTS) is 1. The topological polar surface area (TPSA) is 113 Å². The molecule has 4 rings (SSSR count). The molecule has 0 saturated heterocycles. The van der Waals surface area contributed by atoms with Crippen LogP contribution in [0.15, 0.2) is 53.5 Å². The number of amides is 1. The molecule has 2 aromatic heterocycles. The van der Waals surface area contributed by atoms with Gasteiger partial charge < -0.3 is 20.3 Å². The van der Waals surface area contributed by atoms with E-state index in [2.05, 4.69) is 15.6 Å². The fraction of sp³-hybridized carbons (Fsp3) is 0.312. The standard InChI is InChI=1S/C32H31F5N4O4/c1-5-18(6-2)39-19-14-23(33)27(24(34)15-19)29(42)40-25(31(44)45)13-17-9-10-21(28-20(17)8-7-11-38-28)26-22(32(35,36)37)12-16(3)41(4)30(26)43/h7-12,14-15,18,25,39H,5-6,13H2,1-4H3,(H,40,42)(H,44,45)/t25-/m0/s1. The van der Waals surface area contributed by atoms with Crippen molar-refractivity contribution >= 4 is 28.5 Å². The van der Waals surface area contributed by atoms with Gasteiger partial charge in [0.1, 0.15) is 23.2 Å². The summed E-state index contributed by atoms with van der Waals surface area (Å²) in [7, 11) is 1.34. The highest BCUT2D eigenvalue weighted by Gasteiger charge is 2.37. The van der Waals surface area contributed by atoms with E-state index in [4.69, 9.17) is 0 Å². The number of carboxylic acids is 1. The number of carbonyl (C=O) groups excluding carboxylic acids is 1. The Morgan fingerprint density at radius 2 is 1.69 bits per heavy atom. The van der Waals surface area contributed by atoms with Crippen LogP contribution in [-0.4, -0.2) is 38.6 Å². The van der Waals surface area contributed by atoms with Crippen molar-refractivity contribution in [2.75, 3.05) is 5.32 Å². The number of fused-ring (bicyclic) bond motifs is 1. The van der Waals surface area contributed by atoms with E-state index in [0.29, 0.717) is 12.8 Å². The van der Waals surface area contributed by atoms with Crippen LogP contribution in [-0.2, 0) is 24.4 Å². The number of alkyl halides is 3. The minimum atomic E-state index is -4.86. The van der Waals surface area contributed by atoms with Crippen LogP contribution in [0.3, 0.4) is 0 Å². The summed E-state index contributed by atoms with van der Waals surface area (Å²) < 4.78 is 73.1. The summed E-state index contributed by atoms with van der Waals surface area (Å²) in [5.74, 6) is -5.21. The average molecular weight is 631 g/mol. The molecule has 1 amide bonds. The summed E-state index contributed by atoms with van der Waals surface area (Å²) in [6.45, 7) is 5.17. The monoisotopic (exact) mass is 630 g/mol. The minimum Gasteiger partial charge on any atom is -0.480 e. The molecule has 0 saturated carbocycles. The van der Waals surface area contributed by atoms with E-state index in [1.807, 2.05) is 13.8 Å². The van der Waals surface area contributed by atoms with Crippen molar-refractivity contribution in [3.63, 3.8) is 0 Å². The molecule has 45 heavy (non-hydrogen) atoms. The van der Waals surface area contributed by atoms with Gasteiger partial charge in [-0.25, -0.2) is 13.6 Å². The van der Waals surface area contributed by atoms with Gasteiger partial charge in [0.05, 0.1) is 16.6 Å². The quantitative estimate of drug-likeness (QED) is 0.179. The Kier molecular flexibility index (Phi) is 9.59. The smallest absolute Gasteiger partial charge is 0.417 e. The lowest BCUT2D eigenvalue weighted by molar-refractivity contribution is -0.139. The summed E-state index contributed by atoms with van der Waals surface area (Å²) in [5, 5.41) is 15.2. The second-order valence-corrected chi connectivity index (χ2v) is 10.6. The molecule has 3 N–H and O–H groups in total. The van der Waals surface area contributed by atoms with Crippen LogP contribution in [0.1, 0.15) is 53.9 Å². The van der Waals surface area contributed by atoms with Crippen LogP contribution in [0.25, 0.3) is 22.0 Å². The number of nitrogens with zero attached hydrogens (tertiary/aromatic N) is 2. The predicted molar refractivity (Wildman–Crippen MR) is 159 cm³/mol. The Labute approximate surface area is 254 Å². The molecule has 2 aromatic carbocycles. The molecule has 1 atom stereocenters. The highest BCUT2D eigenvalue weighted by molar-refractivity contribution is 5.99. The van der Waals surface area contributed by atoms with E-state index in [-0.39, 0.29) is 39.5 Å². The van der Waals surface area contributed by atoms with Crippen LogP contribution in [0, 0.1) is 18.6 Å². The summed E-state index contributed by atoms with van der Waals surface area (Å²) in [6.07, 6.45) is -2.58. The fourth-order valence-electron chi connectivity index (χ4n) is 5.17. The van der Waals surface area contributed by atoms with Crippen LogP contribution in [0.5, 0.6) is 0 Å². The zero-order valence-electron chi connectivity index (χ0n) is 24.9. The summed E-state index contributed by atoms with van der Waals surface area (Å²) in [5.41, 5.74) is -3.30. The highest BCUT2D eigenvalue weighted by Crippen LogP contribution is 2.38. The zero-order chi connectivity index (χ0) is 33.2. The van der Waals surface area contributed by atoms with Gasteiger partial charge in [-0.15, -0.1) is 0 Å². The molecule has 0 bridgehead atoms. The van der Waals surface area contributed by atoms with Gasteiger partial charge in [0.2, 0.25) is 0 Å². The molecule has 0 unspecified atom stereocenters. The van der Waals surface area contributed by atoms with Crippen LogP contribution < -0.4 is 16.2 Å². The number of nitrogens with one attached hydrogen (secondary N) is 2. The molecule has 13 heteroatoms. The van der Waals surface area contributed by atoms with Crippen molar-refractivity contribution in [3.05, 3.63) is 93.0 Å². The number of aromatic nitrogens is 2. The van der Waals surface area contributed by atoms with Crippen molar-refractivity contribution < 1.29 is 36.6 Å². The van der Waals surface area contributed by atoms with Crippen molar-refractivity contribution in [2.24, 2.45) is 7.05 Å². The van der Waals surface area contributed by atoms with Gasteiger partial charge in [-0.2, -0.15) is 13.2 Å². The second kappa shape index (κ2) is 13.0. The van der Waals surface area contributed by atoms with E-state index >= 15 is 0 Å². The predicted octanol–water partition coefficient (Wildman–Crippen LogP) is 6.23. The van der Waals surface area contributed by atoms with Crippen LogP contribution >= 0.6 is 0 Å². The first kappa shape index (κ1) is 33.1. The molecular formula is C32H31F5N4O4. The number of carbonyl (C=O) groups is 2. The Bertz CT molecular complexity index is 1810. The first-order valence-corrected chi connectivity index (χ1v) is 14.1. The molecule has 0 aliphatic rings. The number of pyridine rings is 2. The lowest BCUT2D eigenvalue weighted by Crippen LogP contribution is -2.43. The second-order valence-electron chi connectivity index (χ2n) is 10.6. The van der Waals surface area contributed by atoms with Crippen molar-refractivity contribution in [1.82, 2.24) is 14.9 Å². The Balaban J connectivity index is 1.72. The molecule has 0 spiro atoms. The third kappa shape index (κ3) is 6.81. The largest absolute Gasteiger partial charge is 0.480 e. The van der Waals surface area contributed by atoms with E-state index in [0.717, 1.165) is 22.8 Å². The number of aliphatic carboxylic acids is 1. The van der Waals surface area contributed by atoms with Crippen molar-refractivity contribution in [1.29, 1.82) is 0 Å². The van der Waals surface area contributed by atoms with E-state index in [1.165, 1.54) is 44.4 Å². The maximum Gasteiger partial charge on any atom is 0.417 e. The lowest BCUT2D eigenvalue weighted by atomic mass is 9.93. The minimum absolute atomic E-state index is 0.00504. The normalized spacial score (nSPS) is 12.4.